The highest BCUT2D eigenvalue weighted by Gasteiger charge is 2.60. The van der Waals surface area contributed by atoms with Crippen LogP contribution < -0.4 is 5.32 Å². The molecule has 0 aliphatic heterocycles. The summed E-state index contributed by atoms with van der Waals surface area (Å²) in [6, 6.07) is 0. The summed E-state index contributed by atoms with van der Waals surface area (Å²) in [5, 5.41) is 10.5. The quantitative estimate of drug-likeness (QED) is 0.780. The van der Waals surface area contributed by atoms with Crippen LogP contribution in [-0.4, -0.2) is 28.7 Å². The van der Waals surface area contributed by atoms with E-state index in [1.807, 2.05) is 0 Å². The Morgan fingerprint density at radius 3 is 2.00 bits per heavy atom. The van der Waals surface area contributed by atoms with Gasteiger partial charge in [0, 0.05) is 5.41 Å². The molecule has 1 atom stereocenters. The first-order valence-electron chi connectivity index (χ1n) is 4.66. The average molecular weight is 239 g/mol. The summed E-state index contributed by atoms with van der Waals surface area (Å²) in [7, 11) is 0. The molecule has 1 unspecified atom stereocenters. The van der Waals surface area contributed by atoms with Gasteiger partial charge in [0.25, 0.3) is 0 Å². The van der Waals surface area contributed by atoms with Crippen LogP contribution in [0.2, 0.25) is 0 Å². The molecular weight excluding hydrogens is 227 g/mol. The van der Waals surface area contributed by atoms with Crippen LogP contribution in [0.1, 0.15) is 26.7 Å². The van der Waals surface area contributed by atoms with Crippen LogP contribution in [0.3, 0.4) is 0 Å². The third-order valence-corrected chi connectivity index (χ3v) is 3.26. The lowest BCUT2D eigenvalue weighted by atomic mass is 9.83. The minimum Gasteiger partial charge on any atom is -0.479 e. The summed E-state index contributed by atoms with van der Waals surface area (Å²) < 4.78 is 36.1. The molecule has 4 nitrogen and oxygen atoms in total. The number of carboxylic acid groups (broad SMARTS) is 1. The first-order valence-corrected chi connectivity index (χ1v) is 4.66. The van der Waals surface area contributed by atoms with Gasteiger partial charge in [-0.3, -0.25) is 4.79 Å². The topological polar surface area (TPSA) is 66.4 Å². The van der Waals surface area contributed by atoms with Crippen molar-refractivity contribution in [3.63, 3.8) is 0 Å². The molecule has 7 heteroatoms. The molecule has 0 aromatic heterocycles. The lowest BCUT2D eigenvalue weighted by Crippen LogP contribution is -2.60. The van der Waals surface area contributed by atoms with Crippen LogP contribution in [0.5, 0.6) is 0 Å². The smallest absolute Gasteiger partial charge is 0.471 e. The lowest BCUT2D eigenvalue weighted by Gasteiger charge is -2.32. The van der Waals surface area contributed by atoms with E-state index in [0.29, 0.717) is 12.8 Å². The number of nitrogens with one attached hydrogen (secondary N) is 1. The summed E-state index contributed by atoms with van der Waals surface area (Å²) in [5.74, 6) is -3.67. The number of carbonyl (C=O) groups excluding carboxylic acids is 1. The molecule has 0 radical (unpaired) electrons. The standard InChI is InChI=1S/C9H12F3NO3/c1-7(3-4-7)8(2,6(15)16)13-5(14)9(10,11)12/h3-4H2,1-2H3,(H,13,14)(H,15,16). The minimum absolute atomic E-state index is 0.480. The molecule has 1 rings (SSSR count). The van der Waals surface area contributed by atoms with Crippen LogP contribution in [0, 0.1) is 5.41 Å². The summed E-state index contributed by atoms with van der Waals surface area (Å²) in [6.07, 6.45) is -4.11. The molecular formula is C9H12F3NO3. The van der Waals surface area contributed by atoms with Crippen LogP contribution in [0.4, 0.5) is 13.2 Å². The van der Waals surface area contributed by atoms with Gasteiger partial charge in [-0.2, -0.15) is 13.2 Å². The van der Waals surface area contributed by atoms with Gasteiger partial charge in [0.15, 0.2) is 0 Å². The maximum atomic E-state index is 12.0. The Hall–Kier alpha value is -1.27. The number of halogens is 3. The minimum atomic E-state index is -5.07. The fourth-order valence-electron chi connectivity index (χ4n) is 1.45. The molecule has 1 fully saturated rings. The summed E-state index contributed by atoms with van der Waals surface area (Å²) in [4.78, 5) is 21.7. The molecule has 0 spiro atoms. The van der Waals surface area contributed by atoms with Crippen molar-refractivity contribution in [1.29, 1.82) is 0 Å². The summed E-state index contributed by atoms with van der Waals surface area (Å²) in [6.45, 7) is 2.64. The van der Waals surface area contributed by atoms with E-state index in [1.54, 1.807) is 5.32 Å². The molecule has 0 saturated heterocycles. The van der Waals surface area contributed by atoms with Crippen molar-refractivity contribution in [3.8, 4) is 0 Å². The molecule has 2 N–H and O–H groups in total. The first kappa shape index (κ1) is 12.8. The van der Waals surface area contributed by atoms with Crippen molar-refractivity contribution in [1.82, 2.24) is 5.32 Å². The second-order valence-corrected chi connectivity index (χ2v) is 4.44. The number of rotatable bonds is 3. The van der Waals surface area contributed by atoms with Gasteiger partial charge in [-0.15, -0.1) is 0 Å². The highest BCUT2D eigenvalue weighted by atomic mass is 19.4. The Balaban J connectivity index is 2.90. The highest BCUT2D eigenvalue weighted by molar-refractivity contribution is 5.90. The third kappa shape index (κ3) is 1.98. The largest absolute Gasteiger partial charge is 0.479 e. The number of hydrogen-bond donors (Lipinski definition) is 2. The zero-order chi connectivity index (χ0) is 12.8. The van der Waals surface area contributed by atoms with Crippen LogP contribution in [0.25, 0.3) is 0 Å². The number of amides is 1. The fourth-order valence-corrected chi connectivity index (χ4v) is 1.45. The molecule has 1 saturated carbocycles. The van der Waals surface area contributed by atoms with Crippen molar-refractivity contribution in [3.05, 3.63) is 0 Å². The van der Waals surface area contributed by atoms with Gasteiger partial charge < -0.3 is 10.4 Å². The van der Waals surface area contributed by atoms with Crippen LogP contribution >= 0.6 is 0 Å². The SMILES string of the molecule is CC1(C(C)(NC(=O)C(F)(F)F)C(=O)O)CC1. The van der Waals surface area contributed by atoms with E-state index in [9.17, 15) is 22.8 Å². The number of hydrogen-bond acceptors (Lipinski definition) is 2. The molecule has 1 aliphatic carbocycles. The average Bonchev–Trinajstić information content (AvgIpc) is 2.82. The Kier molecular flexibility index (Phi) is 2.69. The van der Waals surface area contributed by atoms with E-state index in [1.165, 1.54) is 6.92 Å². The first-order chi connectivity index (χ1) is 7.03. The number of alkyl halides is 3. The fraction of sp³-hybridized carbons (Fsp3) is 0.778. The number of aliphatic carboxylic acids is 1. The van der Waals surface area contributed by atoms with E-state index in [0.717, 1.165) is 6.92 Å². The Bertz CT molecular complexity index is 335. The van der Waals surface area contributed by atoms with Gasteiger partial charge in [0.2, 0.25) is 0 Å². The molecule has 1 aliphatic rings. The molecule has 0 heterocycles. The van der Waals surface area contributed by atoms with E-state index in [-0.39, 0.29) is 0 Å². The van der Waals surface area contributed by atoms with E-state index in [2.05, 4.69) is 0 Å². The van der Waals surface area contributed by atoms with Gasteiger partial charge in [-0.05, 0) is 19.8 Å². The van der Waals surface area contributed by atoms with Crippen molar-refractivity contribution >= 4 is 11.9 Å². The van der Waals surface area contributed by atoms with Crippen LogP contribution in [-0.2, 0) is 9.59 Å². The Morgan fingerprint density at radius 2 is 1.75 bits per heavy atom. The zero-order valence-corrected chi connectivity index (χ0v) is 8.81. The second kappa shape index (κ2) is 3.36. The highest BCUT2D eigenvalue weighted by Crippen LogP contribution is 2.53. The van der Waals surface area contributed by atoms with Gasteiger partial charge in [0.05, 0.1) is 0 Å². The zero-order valence-electron chi connectivity index (χ0n) is 8.81. The van der Waals surface area contributed by atoms with Gasteiger partial charge >= 0.3 is 18.1 Å². The molecule has 0 aromatic carbocycles. The third-order valence-electron chi connectivity index (χ3n) is 3.26. The Morgan fingerprint density at radius 1 is 1.31 bits per heavy atom. The maximum Gasteiger partial charge on any atom is 0.471 e. The number of carboxylic acids is 1. The molecule has 0 bridgehead atoms. The second-order valence-electron chi connectivity index (χ2n) is 4.44. The Labute approximate surface area is 89.8 Å². The molecule has 1 amide bonds. The normalized spacial score (nSPS) is 22.1. The van der Waals surface area contributed by atoms with Gasteiger partial charge in [-0.25, -0.2) is 4.79 Å². The predicted molar refractivity (Wildman–Crippen MR) is 47.6 cm³/mol. The molecule has 92 valence electrons. The van der Waals surface area contributed by atoms with Crippen LogP contribution in [0.15, 0.2) is 0 Å². The van der Waals surface area contributed by atoms with Crippen molar-refractivity contribution in [2.75, 3.05) is 0 Å². The van der Waals surface area contributed by atoms with E-state index >= 15 is 0 Å². The van der Waals surface area contributed by atoms with Crippen molar-refractivity contribution in [2.24, 2.45) is 5.41 Å². The molecule has 16 heavy (non-hydrogen) atoms. The molecule has 0 aromatic rings. The summed E-state index contributed by atoms with van der Waals surface area (Å²) >= 11 is 0. The maximum absolute atomic E-state index is 12.0. The van der Waals surface area contributed by atoms with E-state index < -0.39 is 29.0 Å². The van der Waals surface area contributed by atoms with Gasteiger partial charge in [0.1, 0.15) is 5.54 Å². The predicted octanol–water partition coefficient (Wildman–Crippen LogP) is 1.31. The lowest BCUT2D eigenvalue weighted by molar-refractivity contribution is -0.178. The summed E-state index contributed by atoms with van der Waals surface area (Å²) in [5.41, 5.74) is -2.68. The monoisotopic (exact) mass is 239 g/mol. The number of carbonyl (C=O) groups is 2. The van der Waals surface area contributed by atoms with Crippen molar-refractivity contribution < 1.29 is 27.9 Å². The van der Waals surface area contributed by atoms with Crippen molar-refractivity contribution in [2.45, 2.75) is 38.4 Å². The van der Waals surface area contributed by atoms with E-state index in [4.69, 9.17) is 5.11 Å². The van der Waals surface area contributed by atoms with Gasteiger partial charge in [-0.1, -0.05) is 6.92 Å².